The standard InChI is InChI=1S/C11H13ClN2O2S2/c1-7(3-12)5-18(15,16)11-10-9(13-6-14-11)8(2)4-17-10/h4,6-7H,3,5H2,1-2H3. The number of alkyl halides is 1. The molecule has 0 amide bonds. The number of aryl methyl sites for hydroxylation is 1. The molecule has 0 N–H and O–H groups in total. The van der Waals surface area contributed by atoms with Crippen LogP contribution in [0.2, 0.25) is 0 Å². The van der Waals surface area contributed by atoms with Crippen LogP contribution in [0.15, 0.2) is 16.7 Å². The average molecular weight is 305 g/mol. The Morgan fingerprint density at radius 3 is 2.83 bits per heavy atom. The van der Waals surface area contributed by atoms with E-state index >= 15 is 0 Å². The van der Waals surface area contributed by atoms with Gasteiger partial charge in [0.05, 0.1) is 16.0 Å². The van der Waals surface area contributed by atoms with Gasteiger partial charge in [-0.25, -0.2) is 18.4 Å². The minimum Gasteiger partial charge on any atom is -0.235 e. The molecule has 98 valence electrons. The third-order valence-corrected chi connectivity index (χ3v) is 6.22. The fraction of sp³-hybridized carbons (Fsp3) is 0.455. The third kappa shape index (κ3) is 2.50. The van der Waals surface area contributed by atoms with Crippen LogP contribution in [0.3, 0.4) is 0 Å². The van der Waals surface area contributed by atoms with Crippen LogP contribution in [0.5, 0.6) is 0 Å². The number of aromatic nitrogens is 2. The maximum absolute atomic E-state index is 12.3. The lowest BCUT2D eigenvalue weighted by Crippen LogP contribution is -2.16. The van der Waals surface area contributed by atoms with Gasteiger partial charge in [0.25, 0.3) is 0 Å². The molecule has 2 aromatic heterocycles. The molecular weight excluding hydrogens is 292 g/mol. The van der Waals surface area contributed by atoms with Gasteiger partial charge >= 0.3 is 0 Å². The quantitative estimate of drug-likeness (QED) is 0.643. The van der Waals surface area contributed by atoms with E-state index in [-0.39, 0.29) is 16.7 Å². The van der Waals surface area contributed by atoms with Crippen LogP contribution < -0.4 is 0 Å². The summed E-state index contributed by atoms with van der Waals surface area (Å²) in [6, 6.07) is 0. The summed E-state index contributed by atoms with van der Waals surface area (Å²) < 4.78 is 25.2. The molecular formula is C11H13ClN2O2S2. The predicted molar refractivity (Wildman–Crippen MR) is 74.1 cm³/mol. The molecule has 1 atom stereocenters. The second-order valence-electron chi connectivity index (χ2n) is 4.32. The van der Waals surface area contributed by atoms with Crippen molar-refractivity contribution in [3.05, 3.63) is 17.3 Å². The monoisotopic (exact) mass is 304 g/mol. The first-order chi connectivity index (χ1) is 8.45. The van der Waals surface area contributed by atoms with Gasteiger partial charge < -0.3 is 0 Å². The van der Waals surface area contributed by atoms with Crippen LogP contribution in [-0.4, -0.2) is 30.0 Å². The van der Waals surface area contributed by atoms with Crippen LogP contribution >= 0.6 is 22.9 Å². The van der Waals surface area contributed by atoms with Crippen molar-refractivity contribution in [1.29, 1.82) is 0 Å². The Morgan fingerprint density at radius 1 is 1.44 bits per heavy atom. The van der Waals surface area contributed by atoms with E-state index in [2.05, 4.69) is 9.97 Å². The van der Waals surface area contributed by atoms with Gasteiger partial charge in [-0.1, -0.05) is 6.92 Å². The maximum Gasteiger partial charge on any atom is 0.197 e. The van der Waals surface area contributed by atoms with Gasteiger partial charge in [0.1, 0.15) is 6.33 Å². The number of rotatable bonds is 4. The van der Waals surface area contributed by atoms with Crippen LogP contribution in [0.4, 0.5) is 0 Å². The molecule has 0 bridgehead atoms. The zero-order valence-corrected chi connectivity index (χ0v) is 12.4. The average Bonchev–Trinajstić information content (AvgIpc) is 2.70. The van der Waals surface area contributed by atoms with E-state index in [1.807, 2.05) is 19.2 Å². The summed E-state index contributed by atoms with van der Waals surface area (Å²) in [5.74, 6) is 0.235. The van der Waals surface area contributed by atoms with Crippen LogP contribution in [0.25, 0.3) is 10.2 Å². The van der Waals surface area contributed by atoms with E-state index in [4.69, 9.17) is 11.6 Å². The van der Waals surface area contributed by atoms with Crippen molar-refractivity contribution >= 4 is 43.0 Å². The number of halogens is 1. The Hall–Kier alpha value is -0.720. The van der Waals surface area contributed by atoms with Crippen molar-refractivity contribution in [3.63, 3.8) is 0 Å². The van der Waals surface area contributed by atoms with E-state index in [0.717, 1.165) is 5.56 Å². The number of thiophene rings is 1. The van der Waals surface area contributed by atoms with Crippen LogP contribution in [0, 0.1) is 12.8 Å². The number of hydrogen-bond donors (Lipinski definition) is 0. The number of sulfone groups is 1. The van der Waals surface area contributed by atoms with Gasteiger partial charge in [-0.15, -0.1) is 22.9 Å². The van der Waals surface area contributed by atoms with Gasteiger partial charge in [0.15, 0.2) is 14.9 Å². The molecule has 0 aromatic carbocycles. The molecule has 0 radical (unpaired) electrons. The van der Waals surface area contributed by atoms with E-state index in [9.17, 15) is 8.42 Å². The van der Waals surface area contributed by atoms with Gasteiger partial charge in [0, 0.05) is 5.88 Å². The molecule has 2 aromatic rings. The Morgan fingerprint density at radius 2 is 2.17 bits per heavy atom. The van der Waals surface area contributed by atoms with Crippen molar-refractivity contribution in [2.75, 3.05) is 11.6 Å². The Labute approximate surface area is 115 Å². The number of hydrogen-bond acceptors (Lipinski definition) is 5. The Balaban J connectivity index is 2.54. The van der Waals surface area contributed by atoms with Crippen molar-refractivity contribution < 1.29 is 8.42 Å². The molecule has 7 heteroatoms. The summed E-state index contributed by atoms with van der Waals surface area (Å²) in [6.45, 7) is 3.71. The second-order valence-corrected chi connectivity index (χ2v) is 7.45. The smallest absolute Gasteiger partial charge is 0.197 e. The van der Waals surface area contributed by atoms with Crippen LogP contribution in [-0.2, 0) is 9.84 Å². The minimum absolute atomic E-state index is 0.0135. The molecule has 0 aliphatic rings. The summed E-state index contributed by atoms with van der Waals surface area (Å²) in [4.78, 5) is 8.07. The van der Waals surface area contributed by atoms with Crippen molar-refractivity contribution in [2.24, 2.45) is 5.92 Å². The Bertz CT molecular complexity index is 667. The predicted octanol–water partition coefficient (Wildman–Crippen LogP) is 2.65. The van der Waals surface area contributed by atoms with Crippen molar-refractivity contribution in [2.45, 2.75) is 18.9 Å². The van der Waals surface area contributed by atoms with E-state index < -0.39 is 9.84 Å². The normalized spacial score (nSPS) is 13.9. The minimum atomic E-state index is -3.41. The topological polar surface area (TPSA) is 59.9 Å². The molecule has 2 heterocycles. The van der Waals surface area contributed by atoms with Crippen molar-refractivity contribution in [3.8, 4) is 0 Å². The summed E-state index contributed by atoms with van der Waals surface area (Å²) in [7, 11) is -3.41. The highest BCUT2D eigenvalue weighted by Crippen LogP contribution is 2.29. The fourth-order valence-electron chi connectivity index (χ4n) is 1.67. The lowest BCUT2D eigenvalue weighted by molar-refractivity contribution is 0.580. The maximum atomic E-state index is 12.3. The first-order valence-electron chi connectivity index (χ1n) is 5.43. The highest BCUT2D eigenvalue weighted by molar-refractivity contribution is 7.91. The molecule has 18 heavy (non-hydrogen) atoms. The zero-order valence-electron chi connectivity index (χ0n) is 10.1. The van der Waals surface area contributed by atoms with Crippen molar-refractivity contribution in [1.82, 2.24) is 9.97 Å². The molecule has 0 aliphatic carbocycles. The summed E-state index contributed by atoms with van der Waals surface area (Å²) in [5.41, 5.74) is 1.69. The lowest BCUT2D eigenvalue weighted by atomic mass is 10.3. The highest BCUT2D eigenvalue weighted by Gasteiger charge is 2.23. The largest absolute Gasteiger partial charge is 0.235 e. The first-order valence-corrected chi connectivity index (χ1v) is 8.50. The van der Waals surface area contributed by atoms with Gasteiger partial charge in [-0.3, -0.25) is 0 Å². The van der Waals surface area contributed by atoms with Gasteiger partial charge in [-0.05, 0) is 23.8 Å². The lowest BCUT2D eigenvalue weighted by Gasteiger charge is -2.08. The first kappa shape index (κ1) is 13.7. The van der Waals surface area contributed by atoms with Gasteiger partial charge in [0.2, 0.25) is 0 Å². The molecule has 0 fully saturated rings. The molecule has 0 spiro atoms. The Kier molecular flexibility index (Phi) is 3.89. The molecule has 2 rings (SSSR count). The molecule has 0 saturated heterocycles. The van der Waals surface area contributed by atoms with E-state index in [1.165, 1.54) is 17.7 Å². The highest BCUT2D eigenvalue weighted by atomic mass is 35.5. The number of nitrogens with zero attached hydrogens (tertiary/aromatic N) is 2. The summed E-state index contributed by atoms with van der Waals surface area (Å²) >= 11 is 7.04. The van der Waals surface area contributed by atoms with E-state index in [1.54, 1.807) is 0 Å². The van der Waals surface area contributed by atoms with E-state index in [0.29, 0.717) is 16.1 Å². The number of fused-ring (bicyclic) bond motifs is 1. The molecule has 0 saturated carbocycles. The zero-order chi connectivity index (χ0) is 13.3. The second kappa shape index (κ2) is 5.11. The van der Waals surface area contributed by atoms with Crippen LogP contribution in [0.1, 0.15) is 12.5 Å². The molecule has 1 unspecified atom stereocenters. The SMILES string of the molecule is Cc1csc2c(S(=O)(=O)CC(C)CCl)ncnc12. The molecule has 0 aliphatic heterocycles. The fourth-order valence-corrected chi connectivity index (χ4v) is 4.93. The summed E-state index contributed by atoms with van der Waals surface area (Å²) in [6.07, 6.45) is 1.31. The third-order valence-electron chi connectivity index (χ3n) is 2.56. The summed E-state index contributed by atoms with van der Waals surface area (Å²) in [5, 5.41) is 2.02. The molecule has 4 nitrogen and oxygen atoms in total. The van der Waals surface area contributed by atoms with Gasteiger partial charge in [-0.2, -0.15) is 0 Å².